The third-order valence-electron chi connectivity index (χ3n) is 3.39. The molecular formula is C13H24N2. The van der Waals surface area contributed by atoms with Crippen LogP contribution < -0.4 is 5.32 Å². The summed E-state index contributed by atoms with van der Waals surface area (Å²) in [6, 6.07) is 2.35. The normalized spacial score (nSPS) is 24.9. The lowest BCUT2D eigenvalue weighted by molar-refractivity contribution is 0.421. The van der Waals surface area contributed by atoms with Crippen LogP contribution >= 0.6 is 0 Å². The molecule has 0 aromatic heterocycles. The van der Waals surface area contributed by atoms with Crippen molar-refractivity contribution >= 4 is 0 Å². The van der Waals surface area contributed by atoms with E-state index in [-0.39, 0.29) is 5.41 Å². The van der Waals surface area contributed by atoms with Gasteiger partial charge in [-0.05, 0) is 58.0 Å². The Morgan fingerprint density at radius 2 is 2.07 bits per heavy atom. The van der Waals surface area contributed by atoms with Gasteiger partial charge >= 0.3 is 0 Å². The van der Waals surface area contributed by atoms with E-state index >= 15 is 0 Å². The summed E-state index contributed by atoms with van der Waals surface area (Å²) in [7, 11) is 0. The standard InChI is InChI=1S/C13H24N2/c1-11-8-12(11)9-15-7-5-4-6-13(2,3)10-14/h11-12,15H,4-9H2,1-3H3. The van der Waals surface area contributed by atoms with Crippen molar-refractivity contribution in [1.82, 2.24) is 5.32 Å². The monoisotopic (exact) mass is 208 g/mol. The minimum Gasteiger partial charge on any atom is -0.316 e. The average Bonchev–Trinajstić information content (AvgIpc) is 2.88. The van der Waals surface area contributed by atoms with Crippen LogP contribution in [0.4, 0.5) is 0 Å². The Morgan fingerprint density at radius 3 is 2.60 bits per heavy atom. The molecule has 15 heavy (non-hydrogen) atoms. The summed E-state index contributed by atoms with van der Waals surface area (Å²) in [5.41, 5.74) is -0.134. The van der Waals surface area contributed by atoms with Crippen molar-refractivity contribution in [1.29, 1.82) is 5.26 Å². The van der Waals surface area contributed by atoms with Crippen LogP contribution in [0.25, 0.3) is 0 Å². The van der Waals surface area contributed by atoms with Gasteiger partial charge in [-0.3, -0.25) is 0 Å². The molecule has 1 aliphatic carbocycles. The zero-order valence-electron chi connectivity index (χ0n) is 10.3. The predicted molar refractivity (Wildman–Crippen MR) is 63.4 cm³/mol. The number of unbranched alkanes of at least 4 members (excludes halogenated alkanes) is 1. The molecular weight excluding hydrogens is 184 g/mol. The van der Waals surface area contributed by atoms with Crippen LogP contribution in [0, 0.1) is 28.6 Å². The Kier molecular flexibility index (Phi) is 4.60. The fraction of sp³-hybridized carbons (Fsp3) is 0.923. The summed E-state index contributed by atoms with van der Waals surface area (Å²) >= 11 is 0. The van der Waals surface area contributed by atoms with Crippen molar-refractivity contribution in [3.63, 3.8) is 0 Å². The first-order valence-electron chi connectivity index (χ1n) is 6.17. The summed E-state index contributed by atoms with van der Waals surface area (Å²) in [6.07, 6.45) is 4.79. The maximum atomic E-state index is 8.84. The molecule has 0 heterocycles. The fourth-order valence-electron chi connectivity index (χ4n) is 1.84. The fourth-order valence-corrected chi connectivity index (χ4v) is 1.84. The van der Waals surface area contributed by atoms with Gasteiger partial charge in [-0.25, -0.2) is 0 Å². The molecule has 2 atom stereocenters. The molecule has 0 bridgehead atoms. The molecule has 0 radical (unpaired) electrons. The second-order valence-electron chi connectivity index (χ2n) is 5.63. The van der Waals surface area contributed by atoms with E-state index in [2.05, 4.69) is 18.3 Å². The quantitative estimate of drug-likeness (QED) is 0.653. The zero-order chi connectivity index (χ0) is 11.3. The number of hydrogen-bond donors (Lipinski definition) is 1. The highest BCUT2D eigenvalue weighted by Crippen LogP contribution is 2.36. The lowest BCUT2D eigenvalue weighted by atomic mass is 9.89. The smallest absolute Gasteiger partial charge is 0.0683 e. The van der Waals surface area contributed by atoms with E-state index in [1.54, 1.807) is 0 Å². The van der Waals surface area contributed by atoms with Crippen molar-refractivity contribution < 1.29 is 0 Å². The van der Waals surface area contributed by atoms with Gasteiger partial charge < -0.3 is 5.32 Å². The highest BCUT2D eigenvalue weighted by atomic mass is 14.9. The van der Waals surface area contributed by atoms with Crippen LogP contribution in [0.2, 0.25) is 0 Å². The third-order valence-corrected chi connectivity index (χ3v) is 3.39. The van der Waals surface area contributed by atoms with Gasteiger partial charge in [0.2, 0.25) is 0 Å². The first-order chi connectivity index (χ1) is 7.05. The average molecular weight is 208 g/mol. The molecule has 2 heteroatoms. The summed E-state index contributed by atoms with van der Waals surface area (Å²) in [5, 5.41) is 12.3. The lowest BCUT2D eigenvalue weighted by Crippen LogP contribution is -2.19. The van der Waals surface area contributed by atoms with E-state index in [0.717, 1.165) is 31.2 Å². The molecule has 1 rings (SSSR count). The van der Waals surface area contributed by atoms with Gasteiger partial charge in [0, 0.05) is 0 Å². The molecule has 86 valence electrons. The molecule has 1 saturated carbocycles. The largest absolute Gasteiger partial charge is 0.316 e. The Hall–Kier alpha value is -0.550. The third kappa shape index (κ3) is 5.18. The van der Waals surface area contributed by atoms with E-state index < -0.39 is 0 Å². The predicted octanol–water partition coefficient (Wildman–Crippen LogP) is 2.95. The summed E-state index contributed by atoms with van der Waals surface area (Å²) in [5.74, 6) is 1.90. The Bertz CT molecular complexity index is 227. The molecule has 1 N–H and O–H groups in total. The van der Waals surface area contributed by atoms with E-state index in [1.165, 1.54) is 19.4 Å². The second kappa shape index (κ2) is 5.51. The Morgan fingerprint density at radius 1 is 1.40 bits per heavy atom. The number of nitrogens with one attached hydrogen (secondary N) is 1. The summed E-state index contributed by atoms with van der Waals surface area (Å²) in [4.78, 5) is 0. The van der Waals surface area contributed by atoms with Gasteiger partial charge in [0.1, 0.15) is 0 Å². The first-order valence-corrected chi connectivity index (χ1v) is 6.17. The molecule has 1 fully saturated rings. The first kappa shape index (κ1) is 12.5. The van der Waals surface area contributed by atoms with Crippen LogP contribution in [0.3, 0.4) is 0 Å². The molecule has 1 aliphatic rings. The molecule has 0 spiro atoms. The van der Waals surface area contributed by atoms with Crippen LogP contribution in [-0.4, -0.2) is 13.1 Å². The van der Waals surface area contributed by atoms with Gasteiger partial charge in [-0.1, -0.05) is 13.3 Å². The molecule has 0 amide bonds. The van der Waals surface area contributed by atoms with Gasteiger partial charge in [-0.15, -0.1) is 0 Å². The van der Waals surface area contributed by atoms with Crippen molar-refractivity contribution in [2.45, 2.75) is 46.5 Å². The SMILES string of the molecule is CC1CC1CNCCCCC(C)(C)C#N. The molecule has 0 aromatic carbocycles. The van der Waals surface area contributed by atoms with E-state index in [0.29, 0.717) is 0 Å². The minimum atomic E-state index is -0.134. The molecule has 0 aromatic rings. The summed E-state index contributed by atoms with van der Waals surface area (Å²) in [6.45, 7) is 8.67. The van der Waals surface area contributed by atoms with Crippen molar-refractivity contribution in [3.05, 3.63) is 0 Å². The Labute approximate surface area is 94.1 Å². The number of nitriles is 1. The van der Waals surface area contributed by atoms with Gasteiger partial charge in [0.25, 0.3) is 0 Å². The minimum absolute atomic E-state index is 0.134. The molecule has 0 saturated heterocycles. The summed E-state index contributed by atoms with van der Waals surface area (Å²) < 4.78 is 0. The van der Waals surface area contributed by atoms with E-state index in [4.69, 9.17) is 5.26 Å². The Balaban J connectivity index is 1.87. The van der Waals surface area contributed by atoms with Gasteiger partial charge in [0.15, 0.2) is 0 Å². The van der Waals surface area contributed by atoms with Gasteiger partial charge in [-0.2, -0.15) is 5.26 Å². The van der Waals surface area contributed by atoms with Crippen LogP contribution in [0.15, 0.2) is 0 Å². The van der Waals surface area contributed by atoms with Crippen LogP contribution in [0.1, 0.15) is 46.5 Å². The maximum Gasteiger partial charge on any atom is 0.0683 e. The number of hydrogen-bond acceptors (Lipinski definition) is 2. The maximum absolute atomic E-state index is 8.84. The van der Waals surface area contributed by atoms with Crippen molar-refractivity contribution in [2.24, 2.45) is 17.3 Å². The molecule has 0 aliphatic heterocycles. The van der Waals surface area contributed by atoms with Crippen molar-refractivity contribution in [3.8, 4) is 6.07 Å². The van der Waals surface area contributed by atoms with Crippen LogP contribution in [-0.2, 0) is 0 Å². The highest BCUT2D eigenvalue weighted by molar-refractivity contribution is 4.91. The molecule has 2 unspecified atom stereocenters. The van der Waals surface area contributed by atoms with E-state index in [1.807, 2.05) is 13.8 Å². The second-order valence-corrected chi connectivity index (χ2v) is 5.63. The highest BCUT2D eigenvalue weighted by Gasteiger charge is 2.31. The molecule has 2 nitrogen and oxygen atoms in total. The van der Waals surface area contributed by atoms with E-state index in [9.17, 15) is 0 Å². The topological polar surface area (TPSA) is 35.8 Å². The zero-order valence-corrected chi connectivity index (χ0v) is 10.3. The number of nitrogens with zero attached hydrogens (tertiary/aromatic N) is 1. The lowest BCUT2D eigenvalue weighted by Gasteiger charge is -2.14. The van der Waals surface area contributed by atoms with Gasteiger partial charge in [0.05, 0.1) is 11.5 Å². The number of rotatable bonds is 7. The van der Waals surface area contributed by atoms with Crippen molar-refractivity contribution in [2.75, 3.05) is 13.1 Å². The van der Waals surface area contributed by atoms with Crippen LogP contribution in [0.5, 0.6) is 0 Å².